The third-order valence-corrected chi connectivity index (χ3v) is 4.40. The maximum atomic E-state index is 11.8. The largest absolute Gasteiger partial charge is 0.354 e. The molecule has 1 aliphatic rings. The summed E-state index contributed by atoms with van der Waals surface area (Å²) in [6.07, 6.45) is 9.79. The monoisotopic (exact) mass is 302 g/mol. The van der Waals surface area contributed by atoms with E-state index < -0.39 is 0 Å². The zero-order chi connectivity index (χ0) is 14.5. The van der Waals surface area contributed by atoms with Gasteiger partial charge in [0.05, 0.1) is 5.75 Å². The molecule has 0 unspecified atom stereocenters. The average Bonchev–Trinajstić information content (AvgIpc) is 3.26. The molecule has 0 aliphatic heterocycles. The molecule has 3 rings (SSSR count). The van der Waals surface area contributed by atoms with Gasteiger partial charge in [-0.1, -0.05) is 0 Å². The van der Waals surface area contributed by atoms with Gasteiger partial charge in [0.15, 0.2) is 0 Å². The number of thioether (sulfide) groups is 1. The second-order valence-corrected chi connectivity index (χ2v) is 6.12. The lowest BCUT2D eigenvalue weighted by atomic mass is 10.4. The molecule has 0 spiro atoms. The SMILES string of the molecule is O=C(CSc1ccncc1)NCCn1ccnc1C1CC1. The highest BCUT2D eigenvalue weighted by molar-refractivity contribution is 8.00. The Labute approximate surface area is 128 Å². The molecule has 2 heterocycles. The summed E-state index contributed by atoms with van der Waals surface area (Å²) in [5, 5.41) is 2.95. The number of carbonyl (C=O) groups is 1. The Morgan fingerprint density at radius 2 is 2.14 bits per heavy atom. The van der Waals surface area contributed by atoms with Gasteiger partial charge in [0.1, 0.15) is 5.82 Å². The Morgan fingerprint density at radius 1 is 1.33 bits per heavy atom. The quantitative estimate of drug-likeness (QED) is 0.795. The molecule has 2 aromatic heterocycles. The van der Waals surface area contributed by atoms with Crippen molar-refractivity contribution in [3.63, 3.8) is 0 Å². The summed E-state index contributed by atoms with van der Waals surface area (Å²) in [5.74, 6) is 2.29. The van der Waals surface area contributed by atoms with E-state index in [1.54, 1.807) is 12.4 Å². The molecule has 1 saturated carbocycles. The van der Waals surface area contributed by atoms with Gasteiger partial charge in [0.25, 0.3) is 0 Å². The smallest absolute Gasteiger partial charge is 0.230 e. The Hall–Kier alpha value is -1.82. The van der Waals surface area contributed by atoms with Crippen LogP contribution in [0.4, 0.5) is 0 Å². The van der Waals surface area contributed by atoms with Gasteiger partial charge in [-0.3, -0.25) is 9.78 Å². The summed E-state index contributed by atoms with van der Waals surface area (Å²) in [7, 11) is 0. The second kappa shape index (κ2) is 6.76. The number of aromatic nitrogens is 3. The first kappa shape index (κ1) is 14.1. The number of nitrogens with zero attached hydrogens (tertiary/aromatic N) is 3. The van der Waals surface area contributed by atoms with Crippen molar-refractivity contribution in [1.82, 2.24) is 19.9 Å². The predicted molar refractivity (Wildman–Crippen MR) is 82.2 cm³/mol. The van der Waals surface area contributed by atoms with Gasteiger partial charge >= 0.3 is 0 Å². The maximum Gasteiger partial charge on any atom is 0.230 e. The molecule has 1 amide bonds. The summed E-state index contributed by atoms with van der Waals surface area (Å²) in [5.41, 5.74) is 0. The standard InChI is InChI=1S/C15H18N4OS/c20-14(11-21-13-3-5-16-6-4-13)17-7-9-19-10-8-18-15(19)12-1-2-12/h3-6,8,10,12H,1-2,7,9,11H2,(H,17,20). The second-order valence-electron chi connectivity index (χ2n) is 5.07. The zero-order valence-electron chi connectivity index (χ0n) is 11.7. The normalized spacial score (nSPS) is 14.1. The van der Waals surface area contributed by atoms with Crippen molar-refractivity contribution in [2.45, 2.75) is 30.2 Å². The first-order valence-electron chi connectivity index (χ1n) is 7.13. The van der Waals surface area contributed by atoms with Crippen LogP contribution in [0.2, 0.25) is 0 Å². The van der Waals surface area contributed by atoms with Crippen molar-refractivity contribution >= 4 is 17.7 Å². The van der Waals surface area contributed by atoms with Crippen molar-refractivity contribution in [2.75, 3.05) is 12.3 Å². The molecule has 0 aromatic carbocycles. The minimum atomic E-state index is 0.0601. The van der Waals surface area contributed by atoms with Crippen LogP contribution in [0.5, 0.6) is 0 Å². The van der Waals surface area contributed by atoms with Crippen molar-refractivity contribution in [2.24, 2.45) is 0 Å². The highest BCUT2D eigenvalue weighted by Crippen LogP contribution is 2.38. The number of carbonyl (C=O) groups excluding carboxylic acids is 1. The molecule has 1 N–H and O–H groups in total. The topological polar surface area (TPSA) is 59.8 Å². The van der Waals surface area contributed by atoms with E-state index in [0.717, 1.165) is 17.3 Å². The van der Waals surface area contributed by atoms with Gasteiger partial charge in [-0.25, -0.2) is 4.98 Å². The summed E-state index contributed by atoms with van der Waals surface area (Å²) in [4.78, 5) is 21.2. The Bertz CT molecular complexity index is 595. The lowest BCUT2D eigenvalue weighted by molar-refractivity contribution is -0.118. The summed E-state index contributed by atoms with van der Waals surface area (Å²) < 4.78 is 2.15. The van der Waals surface area contributed by atoms with E-state index in [-0.39, 0.29) is 5.91 Å². The fraction of sp³-hybridized carbons (Fsp3) is 0.400. The van der Waals surface area contributed by atoms with Gasteiger partial charge in [-0.05, 0) is 25.0 Å². The van der Waals surface area contributed by atoms with Crippen molar-refractivity contribution in [3.05, 3.63) is 42.7 Å². The van der Waals surface area contributed by atoms with E-state index in [1.807, 2.05) is 24.5 Å². The van der Waals surface area contributed by atoms with E-state index in [1.165, 1.54) is 24.6 Å². The van der Waals surface area contributed by atoms with E-state index in [9.17, 15) is 4.79 Å². The van der Waals surface area contributed by atoms with E-state index >= 15 is 0 Å². The molecule has 0 bridgehead atoms. The molecular formula is C15H18N4OS. The average molecular weight is 302 g/mol. The molecule has 0 radical (unpaired) electrons. The molecule has 2 aromatic rings. The van der Waals surface area contributed by atoms with Gasteiger partial charge in [0.2, 0.25) is 5.91 Å². The predicted octanol–water partition coefficient (Wildman–Crippen LogP) is 2.06. The molecule has 1 aliphatic carbocycles. The fourth-order valence-corrected chi connectivity index (χ4v) is 2.88. The van der Waals surface area contributed by atoms with Crippen molar-refractivity contribution in [1.29, 1.82) is 0 Å². The fourth-order valence-electron chi connectivity index (χ4n) is 2.16. The summed E-state index contributed by atoms with van der Waals surface area (Å²) in [6.45, 7) is 1.43. The number of amides is 1. The molecule has 0 saturated heterocycles. The molecule has 1 fully saturated rings. The van der Waals surface area contributed by atoms with Gasteiger partial charge in [-0.2, -0.15) is 0 Å². The van der Waals surface area contributed by atoms with Gasteiger partial charge in [0, 0.05) is 48.7 Å². The van der Waals surface area contributed by atoms with Gasteiger partial charge < -0.3 is 9.88 Å². The first-order valence-corrected chi connectivity index (χ1v) is 8.12. The lowest BCUT2D eigenvalue weighted by Gasteiger charge is -2.08. The molecule has 110 valence electrons. The number of nitrogens with one attached hydrogen (secondary N) is 1. The first-order chi connectivity index (χ1) is 10.3. The zero-order valence-corrected chi connectivity index (χ0v) is 12.6. The molecule has 0 atom stereocenters. The van der Waals surface area contributed by atoms with Gasteiger partial charge in [-0.15, -0.1) is 11.8 Å². The number of hydrogen-bond donors (Lipinski definition) is 1. The minimum absolute atomic E-state index is 0.0601. The van der Waals surface area contributed by atoms with Crippen LogP contribution in [0.3, 0.4) is 0 Å². The van der Waals surface area contributed by atoms with Crippen LogP contribution in [0.15, 0.2) is 41.8 Å². The number of hydrogen-bond acceptors (Lipinski definition) is 4. The molecule has 6 heteroatoms. The van der Waals surface area contributed by atoms with Crippen LogP contribution in [0.1, 0.15) is 24.6 Å². The van der Waals surface area contributed by atoms with E-state index in [4.69, 9.17) is 0 Å². The van der Waals surface area contributed by atoms with Crippen LogP contribution >= 0.6 is 11.8 Å². The highest BCUT2D eigenvalue weighted by atomic mass is 32.2. The van der Waals surface area contributed by atoms with Crippen LogP contribution in [-0.4, -0.2) is 32.7 Å². The van der Waals surface area contributed by atoms with Crippen LogP contribution in [-0.2, 0) is 11.3 Å². The highest BCUT2D eigenvalue weighted by Gasteiger charge is 2.27. The van der Waals surface area contributed by atoms with Crippen LogP contribution in [0.25, 0.3) is 0 Å². The summed E-state index contributed by atoms with van der Waals surface area (Å²) >= 11 is 1.52. The van der Waals surface area contributed by atoms with Crippen molar-refractivity contribution < 1.29 is 4.79 Å². The van der Waals surface area contributed by atoms with Crippen LogP contribution < -0.4 is 5.32 Å². The van der Waals surface area contributed by atoms with E-state index in [2.05, 4.69) is 19.9 Å². The Morgan fingerprint density at radius 3 is 2.90 bits per heavy atom. The van der Waals surface area contributed by atoms with Crippen molar-refractivity contribution in [3.8, 4) is 0 Å². The molecule has 21 heavy (non-hydrogen) atoms. The minimum Gasteiger partial charge on any atom is -0.354 e. The number of pyridine rings is 1. The lowest BCUT2D eigenvalue weighted by Crippen LogP contribution is -2.28. The maximum absolute atomic E-state index is 11.8. The third kappa shape index (κ3) is 4.07. The number of rotatable bonds is 7. The summed E-state index contributed by atoms with van der Waals surface area (Å²) in [6, 6.07) is 3.82. The Balaban J connectivity index is 1.39. The third-order valence-electron chi connectivity index (χ3n) is 3.38. The molecular weight excluding hydrogens is 284 g/mol. The van der Waals surface area contributed by atoms with Crippen LogP contribution in [0, 0.1) is 0 Å². The Kier molecular flexibility index (Phi) is 4.55. The number of imidazole rings is 1. The molecule has 5 nitrogen and oxygen atoms in total. The van der Waals surface area contributed by atoms with E-state index in [0.29, 0.717) is 18.2 Å².